The van der Waals surface area contributed by atoms with Gasteiger partial charge in [-0.25, -0.2) is 0 Å². The van der Waals surface area contributed by atoms with Gasteiger partial charge in [0.2, 0.25) is 12.7 Å². The summed E-state index contributed by atoms with van der Waals surface area (Å²) >= 11 is 0. The average Bonchev–Trinajstić information content (AvgIpc) is 2.81. The number of piperazine rings is 1. The molecule has 3 rings (SSSR count). The lowest BCUT2D eigenvalue weighted by molar-refractivity contribution is -0.134. The maximum atomic E-state index is 11.6. The van der Waals surface area contributed by atoms with Gasteiger partial charge in [-0.1, -0.05) is 6.07 Å². The Labute approximate surface area is 106 Å². The zero-order valence-electron chi connectivity index (χ0n) is 10.4. The fraction of sp³-hybridized carbons (Fsp3) is 0.462. The van der Waals surface area contributed by atoms with Gasteiger partial charge in [0.15, 0.2) is 11.5 Å². The third-order valence-electron chi connectivity index (χ3n) is 3.38. The SMILES string of the molecule is CN1CCN(Cc2ccc3c(c2)OCO3)CC1=O. The fourth-order valence-corrected chi connectivity index (χ4v) is 2.24. The van der Waals surface area contributed by atoms with E-state index in [1.165, 1.54) is 0 Å². The Kier molecular flexibility index (Phi) is 2.83. The summed E-state index contributed by atoms with van der Waals surface area (Å²) in [5, 5.41) is 0. The number of rotatable bonds is 2. The quantitative estimate of drug-likeness (QED) is 0.772. The minimum absolute atomic E-state index is 0.182. The van der Waals surface area contributed by atoms with Gasteiger partial charge >= 0.3 is 0 Å². The third-order valence-corrected chi connectivity index (χ3v) is 3.38. The van der Waals surface area contributed by atoms with E-state index in [0.29, 0.717) is 13.3 Å². The van der Waals surface area contributed by atoms with E-state index in [1.54, 1.807) is 4.90 Å². The van der Waals surface area contributed by atoms with Gasteiger partial charge in [-0.05, 0) is 17.7 Å². The molecule has 5 heteroatoms. The van der Waals surface area contributed by atoms with Crippen LogP contribution in [-0.4, -0.2) is 49.2 Å². The molecule has 1 saturated heterocycles. The normalized spacial score (nSPS) is 19.4. The molecule has 2 aliphatic heterocycles. The van der Waals surface area contributed by atoms with Crippen LogP contribution in [0.3, 0.4) is 0 Å². The van der Waals surface area contributed by atoms with Gasteiger partial charge in [0.05, 0.1) is 6.54 Å². The lowest BCUT2D eigenvalue weighted by Gasteiger charge is -2.31. The highest BCUT2D eigenvalue weighted by Gasteiger charge is 2.21. The molecule has 0 N–H and O–H groups in total. The molecule has 0 bridgehead atoms. The number of ether oxygens (including phenoxy) is 2. The van der Waals surface area contributed by atoms with Crippen molar-refractivity contribution in [2.24, 2.45) is 0 Å². The Morgan fingerprint density at radius 2 is 2.06 bits per heavy atom. The van der Waals surface area contributed by atoms with E-state index in [2.05, 4.69) is 4.90 Å². The van der Waals surface area contributed by atoms with Crippen molar-refractivity contribution in [2.45, 2.75) is 6.54 Å². The first-order valence-corrected chi connectivity index (χ1v) is 6.07. The van der Waals surface area contributed by atoms with Gasteiger partial charge in [-0.2, -0.15) is 0 Å². The molecule has 5 nitrogen and oxygen atoms in total. The van der Waals surface area contributed by atoms with Gasteiger partial charge in [-0.3, -0.25) is 9.69 Å². The Morgan fingerprint density at radius 1 is 1.22 bits per heavy atom. The molecule has 1 amide bonds. The first kappa shape index (κ1) is 11.3. The number of fused-ring (bicyclic) bond motifs is 1. The molecule has 1 fully saturated rings. The molecule has 2 heterocycles. The maximum absolute atomic E-state index is 11.6. The van der Waals surface area contributed by atoms with Gasteiger partial charge in [-0.15, -0.1) is 0 Å². The van der Waals surface area contributed by atoms with E-state index in [1.807, 2.05) is 25.2 Å². The van der Waals surface area contributed by atoms with Gasteiger partial charge < -0.3 is 14.4 Å². The predicted octanol–water partition coefficient (Wildman–Crippen LogP) is 0.689. The van der Waals surface area contributed by atoms with Crippen LogP contribution in [-0.2, 0) is 11.3 Å². The standard InChI is InChI=1S/C13H16N2O3/c1-14-4-5-15(8-13(14)16)7-10-2-3-11-12(6-10)18-9-17-11/h2-3,6H,4-5,7-9H2,1H3. The van der Waals surface area contributed by atoms with Crippen LogP contribution >= 0.6 is 0 Å². The Balaban J connectivity index is 1.68. The molecule has 0 radical (unpaired) electrons. The first-order valence-electron chi connectivity index (χ1n) is 6.07. The molecule has 0 saturated carbocycles. The monoisotopic (exact) mass is 248 g/mol. The Morgan fingerprint density at radius 3 is 2.89 bits per heavy atom. The van der Waals surface area contributed by atoms with Crippen molar-refractivity contribution in [2.75, 3.05) is 33.5 Å². The number of carbonyl (C=O) groups excluding carboxylic acids is 1. The second-order valence-corrected chi connectivity index (χ2v) is 4.71. The summed E-state index contributed by atoms with van der Waals surface area (Å²) in [6.07, 6.45) is 0. The molecular formula is C13H16N2O3. The third kappa shape index (κ3) is 2.13. The molecule has 1 aromatic rings. The van der Waals surface area contributed by atoms with Crippen LogP contribution in [0.5, 0.6) is 11.5 Å². The number of carbonyl (C=O) groups is 1. The summed E-state index contributed by atoms with van der Waals surface area (Å²) in [4.78, 5) is 15.5. The zero-order chi connectivity index (χ0) is 12.5. The van der Waals surface area contributed by atoms with Crippen molar-refractivity contribution in [3.8, 4) is 11.5 Å². The van der Waals surface area contributed by atoms with Crippen LogP contribution in [0.4, 0.5) is 0 Å². The summed E-state index contributed by atoms with van der Waals surface area (Å²) in [5.74, 6) is 1.78. The highest BCUT2D eigenvalue weighted by Crippen LogP contribution is 2.32. The first-order chi connectivity index (χ1) is 8.72. The molecule has 2 aliphatic rings. The van der Waals surface area contributed by atoms with Crippen molar-refractivity contribution in [3.63, 3.8) is 0 Å². The second kappa shape index (κ2) is 4.49. The minimum Gasteiger partial charge on any atom is -0.454 e. The lowest BCUT2D eigenvalue weighted by atomic mass is 10.1. The summed E-state index contributed by atoms with van der Waals surface area (Å²) in [6.45, 7) is 3.27. The Bertz CT molecular complexity index is 475. The largest absolute Gasteiger partial charge is 0.454 e. The fourth-order valence-electron chi connectivity index (χ4n) is 2.24. The van der Waals surface area contributed by atoms with Crippen molar-refractivity contribution >= 4 is 5.91 Å². The van der Waals surface area contributed by atoms with Crippen LogP contribution in [0.15, 0.2) is 18.2 Å². The summed E-state index contributed by atoms with van der Waals surface area (Å²) in [6, 6.07) is 5.94. The molecule has 0 spiro atoms. The minimum atomic E-state index is 0.182. The highest BCUT2D eigenvalue weighted by atomic mass is 16.7. The number of nitrogens with zero attached hydrogens (tertiary/aromatic N) is 2. The topological polar surface area (TPSA) is 42.0 Å². The van der Waals surface area contributed by atoms with Gasteiger partial charge in [0.1, 0.15) is 0 Å². The van der Waals surface area contributed by atoms with E-state index in [9.17, 15) is 4.79 Å². The molecule has 0 atom stereocenters. The summed E-state index contributed by atoms with van der Waals surface area (Å²) in [7, 11) is 1.85. The number of hydrogen-bond acceptors (Lipinski definition) is 4. The van der Waals surface area contributed by atoms with Crippen molar-refractivity contribution in [3.05, 3.63) is 23.8 Å². The van der Waals surface area contributed by atoms with Gasteiger partial charge in [0.25, 0.3) is 0 Å². The summed E-state index contributed by atoms with van der Waals surface area (Å²) < 4.78 is 10.6. The molecule has 18 heavy (non-hydrogen) atoms. The van der Waals surface area contributed by atoms with Crippen LogP contribution < -0.4 is 9.47 Å². The van der Waals surface area contributed by atoms with Crippen molar-refractivity contribution in [1.82, 2.24) is 9.80 Å². The molecule has 1 aromatic carbocycles. The second-order valence-electron chi connectivity index (χ2n) is 4.71. The average molecular weight is 248 g/mol. The number of benzene rings is 1. The molecule has 0 unspecified atom stereocenters. The van der Waals surface area contributed by atoms with Crippen molar-refractivity contribution in [1.29, 1.82) is 0 Å². The van der Waals surface area contributed by atoms with E-state index < -0.39 is 0 Å². The van der Waals surface area contributed by atoms with Crippen LogP contribution in [0.1, 0.15) is 5.56 Å². The van der Waals surface area contributed by atoms with E-state index in [4.69, 9.17) is 9.47 Å². The van der Waals surface area contributed by atoms with Crippen LogP contribution in [0.2, 0.25) is 0 Å². The molecule has 96 valence electrons. The molecular weight excluding hydrogens is 232 g/mol. The van der Waals surface area contributed by atoms with E-state index >= 15 is 0 Å². The van der Waals surface area contributed by atoms with Crippen LogP contribution in [0, 0.1) is 0 Å². The van der Waals surface area contributed by atoms with E-state index in [-0.39, 0.29) is 5.91 Å². The summed E-state index contributed by atoms with van der Waals surface area (Å²) in [5.41, 5.74) is 1.15. The number of hydrogen-bond donors (Lipinski definition) is 0. The smallest absolute Gasteiger partial charge is 0.236 e. The highest BCUT2D eigenvalue weighted by molar-refractivity contribution is 5.78. The maximum Gasteiger partial charge on any atom is 0.236 e. The molecule has 0 aliphatic carbocycles. The number of likely N-dealkylation sites (N-methyl/N-ethyl adjacent to an activating group) is 1. The Hall–Kier alpha value is -1.75. The van der Waals surface area contributed by atoms with E-state index in [0.717, 1.165) is 36.7 Å². The predicted molar refractivity (Wildman–Crippen MR) is 65.5 cm³/mol. The van der Waals surface area contributed by atoms with Crippen LogP contribution in [0.25, 0.3) is 0 Å². The van der Waals surface area contributed by atoms with Gasteiger partial charge in [0, 0.05) is 26.7 Å². The zero-order valence-corrected chi connectivity index (χ0v) is 10.4. The molecule has 0 aromatic heterocycles. The lowest BCUT2D eigenvalue weighted by Crippen LogP contribution is -2.47. The number of amides is 1. The van der Waals surface area contributed by atoms with Crippen molar-refractivity contribution < 1.29 is 14.3 Å².